The van der Waals surface area contributed by atoms with Crippen LogP contribution < -0.4 is 5.73 Å². The van der Waals surface area contributed by atoms with Gasteiger partial charge in [-0.05, 0) is 25.8 Å². The van der Waals surface area contributed by atoms with E-state index in [-0.39, 0.29) is 29.2 Å². The molecule has 0 radical (unpaired) electrons. The number of benzene rings is 1. The van der Waals surface area contributed by atoms with Gasteiger partial charge in [-0.25, -0.2) is 0 Å². The van der Waals surface area contributed by atoms with Gasteiger partial charge in [-0.3, -0.25) is 14.9 Å². The summed E-state index contributed by atoms with van der Waals surface area (Å²) in [5, 5.41) is 11.0. The number of para-hydroxylation sites is 1. The summed E-state index contributed by atoms with van der Waals surface area (Å²) in [6.45, 7) is 2.47. The molecule has 1 aromatic carbocycles. The number of carbonyl (C=O) groups excluding carboxylic acids is 1. The molecule has 6 heteroatoms. The second kappa shape index (κ2) is 5.36. The van der Waals surface area contributed by atoms with Crippen LogP contribution in [-0.4, -0.2) is 34.4 Å². The van der Waals surface area contributed by atoms with E-state index in [0.717, 1.165) is 12.8 Å². The molecule has 1 heterocycles. The van der Waals surface area contributed by atoms with E-state index in [0.29, 0.717) is 6.54 Å². The average Bonchev–Trinajstić information content (AvgIpc) is 2.38. The minimum absolute atomic E-state index is 0.0102. The molecule has 6 nitrogen and oxygen atoms in total. The van der Waals surface area contributed by atoms with E-state index in [1.54, 1.807) is 17.0 Å². The SMILES string of the molecule is CC1CC(N)CCN1C(=O)c1ccccc1[N+](=O)[O-]. The Labute approximate surface area is 111 Å². The van der Waals surface area contributed by atoms with Crippen molar-refractivity contribution in [3.8, 4) is 0 Å². The first-order chi connectivity index (χ1) is 9.00. The molecule has 0 saturated carbocycles. The van der Waals surface area contributed by atoms with Gasteiger partial charge in [0.25, 0.3) is 11.6 Å². The number of nitrogens with zero attached hydrogens (tertiary/aromatic N) is 2. The molecule has 2 N–H and O–H groups in total. The number of amides is 1. The smallest absolute Gasteiger partial charge is 0.282 e. The van der Waals surface area contributed by atoms with E-state index >= 15 is 0 Å². The molecule has 2 atom stereocenters. The van der Waals surface area contributed by atoms with Gasteiger partial charge in [-0.2, -0.15) is 0 Å². The van der Waals surface area contributed by atoms with Gasteiger partial charge < -0.3 is 10.6 Å². The van der Waals surface area contributed by atoms with Gasteiger partial charge in [0.15, 0.2) is 0 Å². The van der Waals surface area contributed by atoms with Crippen molar-refractivity contribution in [2.24, 2.45) is 5.73 Å². The molecule has 0 spiro atoms. The zero-order valence-electron chi connectivity index (χ0n) is 10.8. The van der Waals surface area contributed by atoms with Gasteiger partial charge in [0, 0.05) is 24.7 Å². The van der Waals surface area contributed by atoms with Crippen molar-refractivity contribution in [2.75, 3.05) is 6.54 Å². The van der Waals surface area contributed by atoms with Crippen molar-refractivity contribution in [2.45, 2.75) is 31.8 Å². The van der Waals surface area contributed by atoms with Crippen LogP contribution in [0.3, 0.4) is 0 Å². The molecule has 2 rings (SSSR count). The molecular formula is C13H17N3O3. The monoisotopic (exact) mass is 263 g/mol. The summed E-state index contributed by atoms with van der Waals surface area (Å²) >= 11 is 0. The minimum atomic E-state index is -0.520. The van der Waals surface area contributed by atoms with Crippen LogP contribution in [0.1, 0.15) is 30.1 Å². The molecule has 102 valence electrons. The Hall–Kier alpha value is -1.95. The van der Waals surface area contributed by atoms with Gasteiger partial charge in [-0.15, -0.1) is 0 Å². The molecule has 1 fully saturated rings. The number of carbonyl (C=O) groups is 1. The lowest BCUT2D eigenvalue weighted by molar-refractivity contribution is -0.385. The standard InChI is InChI=1S/C13H17N3O3/c1-9-8-10(14)6-7-15(9)13(17)11-4-2-3-5-12(11)16(18)19/h2-5,9-10H,6-8,14H2,1H3. The van der Waals surface area contributed by atoms with E-state index in [2.05, 4.69) is 0 Å². The largest absolute Gasteiger partial charge is 0.336 e. The Bertz CT molecular complexity index is 504. The van der Waals surface area contributed by atoms with E-state index in [9.17, 15) is 14.9 Å². The third-order valence-corrected chi connectivity index (χ3v) is 3.51. The molecule has 1 amide bonds. The third kappa shape index (κ3) is 2.73. The highest BCUT2D eigenvalue weighted by atomic mass is 16.6. The van der Waals surface area contributed by atoms with E-state index in [1.165, 1.54) is 12.1 Å². The van der Waals surface area contributed by atoms with E-state index < -0.39 is 4.92 Å². The number of piperidine rings is 1. The van der Waals surface area contributed by atoms with Gasteiger partial charge in [-0.1, -0.05) is 12.1 Å². The molecule has 0 aliphatic carbocycles. The quantitative estimate of drug-likeness (QED) is 0.647. The van der Waals surface area contributed by atoms with Crippen LogP contribution in [0.4, 0.5) is 5.69 Å². The lowest BCUT2D eigenvalue weighted by Crippen LogP contribution is -2.48. The van der Waals surface area contributed by atoms with Crippen molar-refractivity contribution in [3.63, 3.8) is 0 Å². The molecular weight excluding hydrogens is 246 g/mol. The van der Waals surface area contributed by atoms with E-state index in [1.807, 2.05) is 6.92 Å². The fourth-order valence-electron chi connectivity index (χ4n) is 2.48. The highest BCUT2D eigenvalue weighted by molar-refractivity contribution is 5.98. The summed E-state index contributed by atoms with van der Waals surface area (Å²) in [6.07, 6.45) is 1.46. The second-order valence-corrected chi connectivity index (χ2v) is 4.91. The summed E-state index contributed by atoms with van der Waals surface area (Å²) < 4.78 is 0. The van der Waals surface area contributed by atoms with Crippen molar-refractivity contribution in [3.05, 3.63) is 39.9 Å². The van der Waals surface area contributed by atoms with Crippen molar-refractivity contribution >= 4 is 11.6 Å². The lowest BCUT2D eigenvalue weighted by Gasteiger charge is -2.36. The summed E-state index contributed by atoms with van der Waals surface area (Å²) in [4.78, 5) is 24.5. The fraction of sp³-hybridized carbons (Fsp3) is 0.462. The fourth-order valence-corrected chi connectivity index (χ4v) is 2.48. The Morgan fingerprint density at radius 3 is 2.79 bits per heavy atom. The number of nitro benzene ring substituents is 1. The first-order valence-electron chi connectivity index (χ1n) is 6.30. The van der Waals surface area contributed by atoms with Crippen molar-refractivity contribution < 1.29 is 9.72 Å². The van der Waals surface area contributed by atoms with E-state index in [4.69, 9.17) is 5.73 Å². The third-order valence-electron chi connectivity index (χ3n) is 3.51. The van der Waals surface area contributed by atoms with Gasteiger partial charge >= 0.3 is 0 Å². The Morgan fingerprint density at radius 2 is 2.16 bits per heavy atom. The maximum absolute atomic E-state index is 12.4. The van der Waals surface area contributed by atoms with Crippen LogP contribution in [0.15, 0.2) is 24.3 Å². The number of hydrogen-bond acceptors (Lipinski definition) is 4. The normalized spacial score (nSPS) is 23.2. The van der Waals surface area contributed by atoms with Crippen molar-refractivity contribution in [1.82, 2.24) is 4.90 Å². The maximum atomic E-state index is 12.4. The first-order valence-corrected chi connectivity index (χ1v) is 6.30. The summed E-state index contributed by atoms with van der Waals surface area (Å²) in [5.41, 5.74) is 5.86. The number of likely N-dealkylation sites (tertiary alicyclic amines) is 1. The van der Waals surface area contributed by atoms with Gasteiger partial charge in [0.1, 0.15) is 5.56 Å². The Kier molecular flexibility index (Phi) is 3.80. The van der Waals surface area contributed by atoms with Crippen LogP contribution in [0, 0.1) is 10.1 Å². The first kappa shape index (κ1) is 13.5. The molecule has 0 bridgehead atoms. The molecule has 1 saturated heterocycles. The Balaban J connectivity index is 2.27. The molecule has 1 aliphatic heterocycles. The summed E-state index contributed by atoms with van der Waals surface area (Å²) in [7, 11) is 0. The highest BCUT2D eigenvalue weighted by Gasteiger charge is 2.30. The molecule has 1 aliphatic rings. The number of rotatable bonds is 2. The van der Waals surface area contributed by atoms with Crippen LogP contribution in [0.2, 0.25) is 0 Å². The van der Waals surface area contributed by atoms with Crippen LogP contribution >= 0.6 is 0 Å². The zero-order valence-corrected chi connectivity index (χ0v) is 10.8. The van der Waals surface area contributed by atoms with Crippen LogP contribution in [0.5, 0.6) is 0 Å². The molecule has 0 aromatic heterocycles. The number of nitro groups is 1. The maximum Gasteiger partial charge on any atom is 0.282 e. The van der Waals surface area contributed by atoms with Crippen LogP contribution in [-0.2, 0) is 0 Å². The molecule has 19 heavy (non-hydrogen) atoms. The average molecular weight is 263 g/mol. The molecule has 2 unspecified atom stereocenters. The highest BCUT2D eigenvalue weighted by Crippen LogP contribution is 2.24. The minimum Gasteiger partial charge on any atom is -0.336 e. The topological polar surface area (TPSA) is 89.5 Å². The number of nitrogens with two attached hydrogens (primary N) is 1. The van der Waals surface area contributed by atoms with Crippen LogP contribution in [0.25, 0.3) is 0 Å². The number of hydrogen-bond donors (Lipinski definition) is 1. The summed E-state index contributed by atoms with van der Waals surface area (Å²) in [6, 6.07) is 6.17. The van der Waals surface area contributed by atoms with Gasteiger partial charge in [0.2, 0.25) is 0 Å². The molecule has 1 aromatic rings. The predicted molar refractivity (Wildman–Crippen MR) is 70.8 cm³/mol. The predicted octanol–water partition coefficient (Wildman–Crippen LogP) is 1.55. The second-order valence-electron chi connectivity index (χ2n) is 4.91. The zero-order chi connectivity index (χ0) is 14.0. The Morgan fingerprint density at radius 1 is 1.47 bits per heavy atom. The lowest BCUT2D eigenvalue weighted by atomic mass is 9.98. The van der Waals surface area contributed by atoms with Crippen molar-refractivity contribution in [1.29, 1.82) is 0 Å². The summed E-state index contributed by atoms with van der Waals surface area (Å²) in [5.74, 6) is -0.285. The van der Waals surface area contributed by atoms with Gasteiger partial charge in [0.05, 0.1) is 4.92 Å².